The number of hydrogen-bond donors (Lipinski definition) is 0. The van der Waals surface area contributed by atoms with E-state index < -0.39 is 40.8 Å². The number of hydrogen-bond acceptors (Lipinski definition) is 10. The second-order valence-corrected chi connectivity index (χ2v) is 9.47. The zero-order valence-electron chi connectivity index (χ0n) is 19.6. The number of benzene rings is 2. The first-order valence-corrected chi connectivity index (χ1v) is 11.3. The van der Waals surface area contributed by atoms with Gasteiger partial charge in [-0.2, -0.15) is 0 Å². The van der Waals surface area contributed by atoms with E-state index in [4.69, 9.17) is 19.0 Å². The summed E-state index contributed by atoms with van der Waals surface area (Å²) in [5.74, 6) is -3.65. The van der Waals surface area contributed by atoms with E-state index in [2.05, 4.69) is 0 Å². The quantitative estimate of drug-likeness (QED) is 0.183. The van der Waals surface area contributed by atoms with Gasteiger partial charge in [-0.25, -0.2) is 9.63 Å². The van der Waals surface area contributed by atoms with Gasteiger partial charge in [-0.15, -0.1) is 5.06 Å². The lowest BCUT2D eigenvalue weighted by molar-refractivity contribution is -0.176. The van der Waals surface area contributed by atoms with Crippen LogP contribution in [0.2, 0.25) is 0 Å². The van der Waals surface area contributed by atoms with Gasteiger partial charge in [-0.1, -0.05) is 23.9 Å². The average Bonchev–Trinajstić information content (AvgIpc) is 2.98. The molecule has 1 aliphatic rings. The van der Waals surface area contributed by atoms with Crippen LogP contribution >= 0.6 is 11.8 Å². The minimum atomic E-state index is -1.49. The highest BCUT2D eigenvalue weighted by Crippen LogP contribution is 2.36. The molecule has 0 spiro atoms. The van der Waals surface area contributed by atoms with Gasteiger partial charge in [0.05, 0.1) is 11.1 Å². The molecule has 0 radical (unpaired) electrons. The first-order chi connectivity index (χ1) is 16.4. The third-order valence-electron chi connectivity index (χ3n) is 4.22. The third kappa shape index (κ3) is 6.46. The summed E-state index contributed by atoms with van der Waals surface area (Å²) >= 11 is 0.801. The summed E-state index contributed by atoms with van der Waals surface area (Å²) < 4.78 is 15.6. The Morgan fingerprint density at radius 2 is 1.40 bits per heavy atom. The Kier molecular flexibility index (Phi) is 7.61. The molecule has 2 aromatic rings. The number of esters is 3. The number of ether oxygens (including phenoxy) is 3. The number of imide groups is 1. The molecule has 0 saturated carbocycles. The predicted molar refractivity (Wildman–Crippen MR) is 123 cm³/mol. The van der Waals surface area contributed by atoms with E-state index in [0.29, 0.717) is 9.96 Å². The van der Waals surface area contributed by atoms with Crippen molar-refractivity contribution in [1.29, 1.82) is 0 Å². The van der Waals surface area contributed by atoms with Gasteiger partial charge in [0.25, 0.3) is 11.8 Å². The molecule has 0 fully saturated rings. The molecule has 1 unspecified atom stereocenters. The van der Waals surface area contributed by atoms with Crippen LogP contribution in [0.15, 0.2) is 47.4 Å². The van der Waals surface area contributed by atoms with Gasteiger partial charge in [0.15, 0.2) is 11.5 Å². The molecule has 35 heavy (non-hydrogen) atoms. The van der Waals surface area contributed by atoms with Crippen molar-refractivity contribution in [2.75, 3.05) is 0 Å². The van der Waals surface area contributed by atoms with Crippen LogP contribution < -0.4 is 9.47 Å². The maximum Gasteiger partial charge on any atom is 0.349 e. The van der Waals surface area contributed by atoms with E-state index in [9.17, 15) is 24.0 Å². The van der Waals surface area contributed by atoms with Gasteiger partial charge < -0.3 is 14.2 Å². The summed E-state index contributed by atoms with van der Waals surface area (Å²) in [7, 11) is 0. The molecule has 2 aromatic carbocycles. The van der Waals surface area contributed by atoms with Crippen molar-refractivity contribution in [3.63, 3.8) is 0 Å². The third-order valence-corrected chi connectivity index (χ3v) is 5.24. The molecule has 1 heterocycles. The Hall–Kier alpha value is -3.70. The lowest BCUT2D eigenvalue weighted by atomic mass is 10.1. The minimum Gasteiger partial charge on any atom is -0.457 e. The number of fused-ring (bicyclic) bond motifs is 1. The second-order valence-electron chi connectivity index (χ2n) is 8.33. The van der Waals surface area contributed by atoms with Gasteiger partial charge in [-0.05, 0) is 51.1 Å². The minimum absolute atomic E-state index is 0.00728. The fraction of sp³-hybridized carbons (Fsp3) is 0.292. The van der Waals surface area contributed by atoms with E-state index in [1.165, 1.54) is 44.2 Å². The molecule has 11 heteroatoms. The summed E-state index contributed by atoms with van der Waals surface area (Å²) in [5, 5.41) is 0.520. The number of nitrogens with zero attached hydrogens (tertiary/aromatic N) is 1. The fourth-order valence-corrected chi connectivity index (χ4v) is 3.82. The summed E-state index contributed by atoms with van der Waals surface area (Å²) in [5.41, 5.74) is -2.08. The first-order valence-electron chi connectivity index (χ1n) is 10.4. The smallest absolute Gasteiger partial charge is 0.349 e. The molecule has 0 saturated heterocycles. The van der Waals surface area contributed by atoms with E-state index in [1.807, 2.05) is 0 Å². The first kappa shape index (κ1) is 25.9. The normalized spacial score (nSPS) is 13.8. The molecule has 0 bridgehead atoms. The monoisotopic (exact) mass is 501 g/mol. The van der Waals surface area contributed by atoms with Gasteiger partial charge in [0.1, 0.15) is 5.60 Å². The van der Waals surface area contributed by atoms with Crippen molar-refractivity contribution in [2.24, 2.45) is 0 Å². The Balaban J connectivity index is 1.91. The number of carbonyl (C=O) groups excluding carboxylic acids is 5. The van der Waals surface area contributed by atoms with Crippen molar-refractivity contribution >= 4 is 41.5 Å². The molecule has 1 aliphatic heterocycles. The highest BCUT2D eigenvalue weighted by Gasteiger charge is 2.41. The van der Waals surface area contributed by atoms with Crippen molar-refractivity contribution in [1.82, 2.24) is 5.06 Å². The van der Waals surface area contributed by atoms with Gasteiger partial charge in [0, 0.05) is 18.7 Å². The number of carbonyl (C=O) groups is 5. The zero-order valence-corrected chi connectivity index (χ0v) is 20.5. The number of hydroxylamine groups is 2. The molecular weight excluding hydrogens is 478 g/mol. The topological polar surface area (TPSA) is 126 Å². The molecule has 3 rings (SSSR count). The predicted octanol–water partition coefficient (Wildman–Crippen LogP) is 3.52. The van der Waals surface area contributed by atoms with Crippen LogP contribution in [0.25, 0.3) is 0 Å². The Morgan fingerprint density at radius 3 is 1.91 bits per heavy atom. The number of amides is 2. The Labute approximate surface area is 205 Å². The summed E-state index contributed by atoms with van der Waals surface area (Å²) in [6.45, 7) is 7.32. The standard InChI is InChI=1S/C24H23NO9S/c1-13(26)31-18-11-10-15(12-19(18)32-14(2)27)35-23(22(30)33-24(3,4)5)34-25-20(28)16-8-6-7-9-17(16)21(25)29/h6-12,23H,1-5H3. The van der Waals surface area contributed by atoms with Crippen LogP contribution in [-0.2, 0) is 24.0 Å². The van der Waals surface area contributed by atoms with Gasteiger partial charge >= 0.3 is 17.9 Å². The van der Waals surface area contributed by atoms with Crippen molar-refractivity contribution in [3.05, 3.63) is 53.6 Å². The molecule has 2 amide bonds. The van der Waals surface area contributed by atoms with Crippen molar-refractivity contribution < 1.29 is 43.0 Å². The number of thioether (sulfide) groups is 1. The molecule has 0 N–H and O–H groups in total. The van der Waals surface area contributed by atoms with Gasteiger partial charge in [-0.3, -0.25) is 19.2 Å². The lowest BCUT2D eigenvalue weighted by Crippen LogP contribution is -2.39. The maximum atomic E-state index is 12.9. The SMILES string of the molecule is CC(=O)Oc1ccc(SC(ON2C(=O)c3ccccc3C2=O)C(=O)OC(C)(C)C)cc1OC(C)=O. The molecular formula is C24H23NO9S. The molecule has 0 aliphatic carbocycles. The number of rotatable bonds is 7. The maximum absolute atomic E-state index is 12.9. The van der Waals surface area contributed by atoms with E-state index in [1.54, 1.807) is 32.9 Å². The average molecular weight is 502 g/mol. The van der Waals surface area contributed by atoms with E-state index in [0.717, 1.165) is 11.8 Å². The van der Waals surface area contributed by atoms with Crippen LogP contribution in [-0.4, -0.2) is 45.8 Å². The van der Waals surface area contributed by atoms with Crippen LogP contribution in [0.5, 0.6) is 11.5 Å². The summed E-state index contributed by atoms with van der Waals surface area (Å²) in [6, 6.07) is 10.4. The highest BCUT2D eigenvalue weighted by molar-refractivity contribution is 8.00. The van der Waals surface area contributed by atoms with Crippen molar-refractivity contribution in [3.8, 4) is 11.5 Å². The lowest BCUT2D eigenvalue weighted by Gasteiger charge is -2.25. The van der Waals surface area contributed by atoms with Gasteiger partial charge in [0.2, 0.25) is 5.44 Å². The Morgan fingerprint density at radius 1 is 0.857 bits per heavy atom. The molecule has 184 valence electrons. The van der Waals surface area contributed by atoms with E-state index >= 15 is 0 Å². The second kappa shape index (κ2) is 10.3. The molecule has 10 nitrogen and oxygen atoms in total. The van der Waals surface area contributed by atoms with Crippen LogP contribution in [0.3, 0.4) is 0 Å². The van der Waals surface area contributed by atoms with Crippen LogP contribution in [0.1, 0.15) is 55.3 Å². The van der Waals surface area contributed by atoms with E-state index in [-0.39, 0.29) is 22.6 Å². The highest BCUT2D eigenvalue weighted by atomic mass is 32.2. The van der Waals surface area contributed by atoms with Crippen LogP contribution in [0.4, 0.5) is 0 Å². The Bertz CT molecular complexity index is 1170. The fourth-order valence-electron chi connectivity index (χ4n) is 2.98. The summed E-state index contributed by atoms with van der Waals surface area (Å²) in [6.07, 6.45) is 0. The largest absolute Gasteiger partial charge is 0.457 e. The molecule has 0 aromatic heterocycles. The molecule has 1 atom stereocenters. The summed E-state index contributed by atoms with van der Waals surface area (Å²) in [4.78, 5) is 67.2. The van der Waals surface area contributed by atoms with Crippen molar-refractivity contribution in [2.45, 2.75) is 50.6 Å². The van der Waals surface area contributed by atoms with Crippen LogP contribution in [0, 0.1) is 0 Å². The zero-order chi connectivity index (χ0) is 25.9.